The molecule has 0 bridgehead atoms. The van der Waals surface area contributed by atoms with Crippen LogP contribution in [0, 0.1) is 23.7 Å². The summed E-state index contributed by atoms with van der Waals surface area (Å²) >= 11 is 0. The molecule has 0 saturated carbocycles. The zero-order chi connectivity index (χ0) is 47.6. The fourth-order valence-electron chi connectivity index (χ4n) is 9.97. The Balaban J connectivity index is 1.55. The normalized spacial score (nSPS) is 41.9. The van der Waals surface area contributed by atoms with Gasteiger partial charge in [0.25, 0.3) is 5.91 Å². The number of carbonyl (C=O) groups excluding carboxylic acids is 3. The second kappa shape index (κ2) is 20.8. The van der Waals surface area contributed by atoms with E-state index in [0.29, 0.717) is 22.9 Å². The number of amides is 1. The zero-order valence-corrected chi connectivity index (χ0v) is 39.5. The Bertz CT molecular complexity index is 1910. The molecule has 18 atom stereocenters. The van der Waals surface area contributed by atoms with E-state index in [1.165, 1.54) is 34.1 Å². The van der Waals surface area contributed by atoms with Crippen molar-refractivity contribution in [1.82, 2.24) is 15.2 Å². The molecule has 6 N–H and O–H groups in total. The van der Waals surface area contributed by atoms with Crippen molar-refractivity contribution in [2.24, 2.45) is 23.7 Å². The first-order chi connectivity index (χ1) is 29.8. The molecular weight excluding hydrogens is 831 g/mol. The SMILES string of the molecule is CO[C@]1(C)C[C@H](OC2[C@@H](C)C(=O)O[C@H](CCNC(=O)c3ccnc4ccccc34)[C@@](C)(O)[C@H](O)[C@@H](C)C(=O)[C@H](C)C[C@@](C)(O)[C@H](O[C@@H]3O[C@H](C)C[C@H](N(C)C)[C@H]3O)[C@H]2C)O[C@@H](C)[C@@H]1O. The molecule has 3 fully saturated rings. The number of Topliss-reactive ketones (excluding diaryl/α,β-unsaturated/α-hetero) is 1. The Labute approximate surface area is 377 Å². The lowest BCUT2D eigenvalue weighted by atomic mass is 9.74. The van der Waals surface area contributed by atoms with Crippen LogP contribution >= 0.6 is 0 Å². The number of benzene rings is 1. The second-order valence-corrected chi connectivity index (χ2v) is 19.5. The summed E-state index contributed by atoms with van der Waals surface area (Å²) in [5, 5.41) is 62.7. The Morgan fingerprint density at radius 1 is 0.922 bits per heavy atom. The van der Waals surface area contributed by atoms with Crippen molar-refractivity contribution in [1.29, 1.82) is 0 Å². The summed E-state index contributed by atoms with van der Waals surface area (Å²) in [6.07, 6.45) is -9.66. The lowest BCUT2D eigenvalue weighted by Crippen LogP contribution is -2.61. The number of rotatable bonds is 10. The smallest absolute Gasteiger partial charge is 0.311 e. The first kappa shape index (κ1) is 51.8. The maximum Gasteiger partial charge on any atom is 0.311 e. The van der Waals surface area contributed by atoms with Gasteiger partial charge in [-0.05, 0) is 80.6 Å². The number of carbonyl (C=O) groups is 3. The summed E-state index contributed by atoms with van der Waals surface area (Å²) in [7, 11) is 5.13. The number of nitrogens with zero attached hydrogens (tertiary/aromatic N) is 2. The van der Waals surface area contributed by atoms with Gasteiger partial charge in [0.05, 0.1) is 58.7 Å². The third kappa shape index (κ3) is 11.1. The van der Waals surface area contributed by atoms with E-state index >= 15 is 0 Å². The molecule has 3 aliphatic rings. The van der Waals surface area contributed by atoms with E-state index < -0.39 is 113 Å². The third-order valence-electron chi connectivity index (χ3n) is 14.0. The van der Waals surface area contributed by atoms with Crippen LogP contribution in [0.2, 0.25) is 0 Å². The van der Waals surface area contributed by atoms with Gasteiger partial charge in [0.2, 0.25) is 0 Å². The topological polar surface area (TPSA) is 236 Å². The number of aliphatic hydroxyl groups excluding tert-OH is 3. The maximum absolute atomic E-state index is 14.7. The van der Waals surface area contributed by atoms with E-state index in [1.807, 2.05) is 32.0 Å². The van der Waals surface area contributed by atoms with E-state index in [4.69, 9.17) is 28.4 Å². The van der Waals surface area contributed by atoms with Crippen LogP contribution in [0.4, 0.5) is 0 Å². The van der Waals surface area contributed by atoms with Gasteiger partial charge in [-0.25, -0.2) is 0 Å². The number of esters is 1. The summed E-state index contributed by atoms with van der Waals surface area (Å²) in [5.41, 5.74) is -4.24. The van der Waals surface area contributed by atoms with Crippen LogP contribution in [0.5, 0.6) is 0 Å². The van der Waals surface area contributed by atoms with E-state index in [0.717, 1.165) is 0 Å². The van der Waals surface area contributed by atoms with Gasteiger partial charge in [-0.15, -0.1) is 0 Å². The Hall–Kier alpha value is -3.20. The molecule has 0 spiro atoms. The molecule has 360 valence electrons. The molecule has 64 heavy (non-hydrogen) atoms. The number of fused-ring (bicyclic) bond motifs is 1. The molecular formula is C47H73N3O14. The number of hydrogen-bond acceptors (Lipinski definition) is 16. The Kier molecular flexibility index (Phi) is 16.8. The number of aromatic nitrogens is 1. The fourth-order valence-corrected chi connectivity index (χ4v) is 9.97. The van der Waals surface area contributed by atoms with Gasteiger partial charge in [-0.2, -0.15) is 0 Å². The average Bonchev–Trinajstić information content (AvgIpc) is 3.24. The van der Waals surface area contributed by atoms with Crippen LogP contribution in [0.1, 0.15) is 98.4 Å². The molecule has 0 radical (unpaired) electrons. The molecule has 1 unspecified atom stereocenters. The van der Waals surface area contributed by atoms with Crippen molar-refractivity contribution < 1.29 is 68.3 Å². The van der Waals surface area contributed by atoms with Crippen LogP contribution < -0.4 is 5.32 Å². The zero-order valence-electron chi connectivity index (χ0n) is 39.5. The van der Waals surface area contributed by atoms with Crippen LogP contribution in [-0.2, 0) is 38.0 Å². The molecule has 2 aromatic rings. The highest BCUT2D eigenvalue weighted by Crippen LogP contribution is 2.41. The largest absolute Gasteiger partial charge is 0.459 e. The summed E-state index contributed by atoms with van der Waals surface area (Å²) in [5.74, 6) is -6.07. The number of pyridine rings is 1. The van der Waals surface area contributed by atoms with Crippen molar-refractivity contribution in [3.8, 4) is 0 Å². The molecule has 1 amide bonds. The Morgan fingerprint density at radius 2 is 1.59 bits per heavy atom. The minimum Gasteiger partial charge on any atom is -0.459 e. The van der Waals surface area contributed by atoms with Crippen molar-refractivity contribution >= 4 is 28.6 Å². The second-order valence-electron chi connectivity index (χ2n) is 19.5. The van der Waals surface area contributed by atoms with Gasteiger partial charge >= 0.3 is 5.97 Å². The predicted molar refractivity (Wildman–Crippen MR) is 235 cm³/mol. The molecule has 17 heteroatoms. The molecule has 3 saturated heterocycles. The summed E-state index contributed by atoms with van der Waals surface area (Å²) in [6, 6.07) is 8.37. The lowest BCUT2D eigenvalue weighted by molar-refractivity contribution is -0.318. The fraction of sp³-hybridized carbons (Fsp3) is 0.745. The first-order valence-electron chi connectivity index (χ1n) is 22.5. The van der Waals surface area contributed by atoms with Gasteiger partial charge < -0.3 is 64.2 Å². The maximum atomic E-state index is 14.7. The monoisotopic (exact) mass is 904 g/mol. The number of aliphatic hydroxyl groups is 5. The van der Waals surface area contributed by atoms with Gasteiger partial charge in [0, 0.05) is 61.9 Å². The first-order valence-corrected chi connectivity index (χ1v) is 22.5. The van der Waals surface area contributed by atoms with Crippen molar-refractivity contribution in [2.45, 2.75) is 172 Å². The number of likely N-dealkylation sites (N-methyl/N-ethyl adjacent to an activating group) is 1. The predicted octanol–water partition coefficient (Wildman–Crippen LogP) is 2.74. The quantitative estimate of drug-likeness (QED) is 0.188. The molecule has 1 aromatic carbocycles. The lowest BCUT2D eigenvalue weighted by Gasteiger charge is -2.49. The molecule has 5 rings (SSSR count). The van der Waals surface area contributed by atoms with Crippen molar-refractivity contribution in [3.63, 3.8) is 0 Å². The van der Waals surface area contributed by atoms with E-state index in [-0.39, 0.29) is 38.0 Å². The standard InChI is InChI=1S/C47H73N3O14/c1-24-22-45(7,57)41(64-44-37(52)33(50(10)11)21-25(2)60-44)27(4)38(63-35-23-46(8,59-12)40(54)29(6)61-35)28(5)43(56)62-34(47(9,58)39(53)26(3)36(24)51)18-20-49-42(55)31-17-19-48-32-16-14-13-15-30(31)32/h13-17,19,24-29,33-35,37-41,44,52-54,57-58H,18,20-23H2,1-12H3,(H,49,55)/t24-,25-,26+,27+,28-,29+,33+,34-,35+,37-,38?,39-,40+,41-,44+,45-,46-,47-/m1/s1. The van der Waals surface area contributed by atoms with E-state index in [9.17, 15) is 39.9 Å². The molecule has 17 nitrogen and oxygen atoms in total. The van der Waals surface area contributed by atoms with E-state index in [2.05, 4.69) is 10.3 Å². The van der Waals surface area contributed by atoms with Crippen molar-refractivity contribution in [2.75, 3.05) is 27.7 Å². The Morgan fingerprint density at radius 3 is 2.25 bits per heavy atom. The summed E-state index contributed by atoms with van der Waals surface area (Å²) < 4.78 is 37.7. The number of nitrogens with one attached hydrogen (secondary N) is 1. The van der Waals surface area contributed by atoms with Gasteiger partial charge in [-0.1, -0.05) is 39.0 Å². The molecule has 1 aromatic heterocycles. The number of methoxy groups -OCH3 is 1. The molecule has 3 aliphatic heterocycles. The molecule has 4 heterocycles. The summed E-state index contributed by atoms with van der Waals surface area (Å²) in [4.78, 5) is 48.6. The number of para-hydroxylation sites is 1. The van der Waals surface area contributed by atoms with Crippen LogP contribution in [-0.4, -0.2) is 165 Å². The van der Waals surface area contributed by atoms with Gasteiger partial charge in [0.1, 0.15) is 29.7 Å². The van der Waals surface area contributed by atoms with Crippen molar-refractivity contribution in [3.05, 3.63) is 42.1 Å². The third-order valence-corrected chi connectivity index (χ3v) is 14.0. The van der Waals surface area contributed by atoms with Gasteiger partial charge in [-0.3, -0.25) is 19.4 Å². The molecule has 0 aliphatic carbocycles. The highest BCUT2D eigenvalue weighted by molar-refractivity contribution is 6.05. The van der Waals surface area contributed by atoms with Crippen LogP contribution in [0.15, 0.2) is 36.5 Å². The number of cyclic esters (lactones) is 1. The number of ether oxygens (including phenoxy) is 6. The highest BCUT2D eigenvalue weighted by Gasteiger charge is 2.53. The van der Waals surface area contributed by atoms with Gasteiger partial charge in [0.15, 0.2) is 12.6 Å². The van der Waals surface area contributed by atoms with Crippen LogP contribution in [0.25, 0.3) is 10.9 Å². The number of ketones is 1. The highest BCUT2D eigenvalue weighted by atomic mass is 16.7. The minimum atomic E-state index is -2.23. The average molecular weight is 904 g/mol. The number of hydrogen-bond donors (Lipinski definition) is 6. The van der Waals surface area contributed by atoms with Crippen LogP contribution in [0.3, 0.4) is 0 Å². The summed E-state index contributed by atoms with van der Waals surface area (Å²) in [6.45, 7) is 14.2. The minimum absolute atomic E-state index is 0.0355. The van der Waals surface area contributed by atoms with E-state index in [1.54, 1.807) is 58.9 Å².